The van der Waals surface area contributed by atoms with E-state index in [-0.39, 0.29) is 0 Å². The van der Waals surface area contributed by atoms with Crippen molar-refractivity contribution < 1.29 is 0 Å². The molecule has 4 rings (SSSR count). The molecule has 2 heteroatoms. The number of nitrogens with zero attached hydrogens (tertiary/aromatic N) is 1. The average molecular weight is 367 g/mol. The molecule has 2 heterocycles. The first kappa shape index (κ1) is 18.2. The first-order chi connectivity index (χ1) is 13.8. The number of fused-ring (bicyclic) bond motifs is 3. The van der Waals surface area contributed by atoms with Crippen molar-refractivity contribution in [3.8, 4) is 0 Å². The summed E-state index contributed by atoms with van der Waals surface area (Å²) in [5, 5.41) is 2.39. The maximum Gasteiger partial charge on any atom is 0.139 e. The molecule has 4 aromatic rings. The Morgan fingerprint density at radius 2 is 1.68 bits per heavy atom. The van der Waals surface area contributed by atoms with Crippen LogP contribution in [-0.4, -0.2) is 9.97 Å². The van der Waals surface area contributed by atoms with Crippen molar-refractivity contribution in [2.45, 2.75) is 32.6 Å². The van der Waals surface area contributed by atoms with Crippen LogP contribution in [0.4, 0.5) is 0 Å². The molecule has 0 bridgehead atoms. The number of aromatic nitrogens is 2. The number of hydrogen-bond acceptors (Lipinski definition) is 1. The van der Waals surface area contributed by atoms with Gasteiger partial charge in [-0.2, -0.15) is 0 Å². The fourth-order valence-electron chi connectivity index (χ4n) is 3.48. The highest BCUT2D eigenvalue weighted by Gasteiger charge is 2.06. The Labute approximate surface area is 166 Å². The summed E-state index contributed by atoms with van der Waals surface area (Å²) in [6.07, 6.45) is 13.6. The molecule has 0 saturated heterocycles. The highest BCUT2D eigenvalue weighted by Crippen LogP contribution is 2.26. The number of rotatable bonds is 7. The van der Waals surface area contributed by atoms with Gasteiger partial charge in [0.15, 0.2) is 0 Å². The van der Waals surface area contributed by atoms with Crippen LogP contribution in [0, 0.1) is 0 Å². The van der Waals surface area contributed by atoms with Crippen LogP contribution < -0.4 is 0 Å². The maximum atomic E-state index is 4.79. The number of H-pyrrole nitrogens is 1. The van der Waals surface area contributed by atoms with E-state index in [0.717, 1.165) is 23.3 Å². The molecule has 0 saturated carbocycles. The standard InChI is InChI=1S/C26H26N2/c1-2-3-4-5-9-12-22-16-17-23-24-19-21(14-13-20-10-7-6-8-11-20)15-18-25(24)28-26(23)27-22/h6-19H,2-5H2,1H3,(H,27,28). The predicted octanol–water partition coefficient (Wildman–Crippen LogP) is 7.48. The molecule has 0 aliphatic carbocycles. The molecule has 2 aromatic carbocycles. The van der Waals surface area contributed by atoms with Crippen molar-refractivity contribution in [3.05, 3.63) is 83.6 Å². The van der Waals surface area contributed by atoms with Crippen LogP contribution in [0.2, 0.25) is 0 Å². The number of allylic oxidation sites excluding steroid dienone is 1. The van der Waals surface area contributed by atoms with E-state index in [1.54, 1.807) is 0 Å². The maximum absolute atomic E-state index is 4.79. The normalized spacial score (nSPS) is 12.0. The van der Waals surface area contributed by atoms with E-state index in [9.17, 15) is 0 Å². The lowest BCUT2D eigenvalue weighted by molar-refractivity contribution is 0.730. The Balaban J connectivity index is 1.58. The van der Waals surface area contributed by atoms with Crippen molar-refractivity contribution >= 4 is 40.2 Å². The third kappa shape index (κ3) is 4.23. The molecule has 2 nitrogen and oxygen atoms in total. The number of nitrogens with one attached hydrogen (secondary N) is 1. The van der Waals surface area contributed by atoms with Gasteiger partial charge in [-0.25, -0.2) is 4.98 Å². The van der Waals surface area contributed by atoms with Gasteiger partial charge < -0.3 is 4.98 Å². The summed E-state index contributed by atoms with van der Waals surface area (Å²) in [4.78, 5) is 8.25. The number of hydrogen-bond donors (Lipinski definition) is 1. The van der Waals surface area contributed by atoms with Gasteiger partial charge in [0.25, 0.3) is 0 Å². The van der Waals surface area contributed by atoms with E-state index in [1.807, 2.05) is 6.07 Å². The number of aromatic amines is 1. The van der Waals surface area contributed by atoms with E-state index >= 15 is 0 Å². The fraction of sp³-hybridized carbons (Fsp3) is 0.192. The zero-order valence-corrected chi connectivity index (χ0v) is 16.4. The van der Waals surface area contributed by atoms with E-state index in [1.165, 1.54) is 41.2 Å². The summed E-state index contributed by atoms with van der Waals surface area (Å²) in [5.41, 5.74) is 5.49. The van der Waals surface area contributed by atoms with Crippen molar-refractivity contribution in [2.75, 3.05) is 0 Å². The lowest BCUT2D eigenvalue weighted by Crippen LogP contribution is -1.81. The van der Waals surface area contributed by atoms with Gasteiger partial charge in [-0.3, -0.25) is 0 Å². The second-order valence-corrected chi connectivity index (χ2v) is 7.20. The molecule has 1 N–H and O–H groups in total. The topological polar surface area (TPSA) is 28.7 Å². The van der Waals surface area contributed by atoms with Crippen molar-refractivity contribution in [2.24, 2.45) is 0 Å². The van der Waals surface area contributed by atoms with Crippen LogP contribution in [0.3, 0.4) is 0 Å². The number of pyridine rings is 1. The van der Waals surface area contributed by atoms with E-state index in [2.05, 4.69) is 90.8 Å². The molecule has 0 atom stereocenters. The number of unbranched alkanes of at least 4 members (excludes halogenated alkanes) is 3. The predicted molar refractivity (Wildman–Crippen MR) is 122 cm³/mol. The van der Waals surface area contributed by atoms with Gasteiger partial charge in [0.1, 0.15) is 5.65 Å². The Morgan fingerprint density at radius 3 is 2.54 bits per heavy atom. The van der Waals surface area contributed by atoms with Crippen LogP contribution in [0.25, 0.3) is 40.2 Å². The summed E-state index contributed by atoms with van der Waals surface area (Å²) in [6.45, 7) is 2.23. The largest absolute Gasteiger partial charge is 0.339 e. The van der Waals surface area contributed by atoms with Crippen molar-refractivity contribution in [1.29, 1.82) is 0 Å². The molecular formula is C26H26N2. The third-order valence-electron chi connectivity index (χ3n) is 5.03. The molecule has 140 valence electrons. The van der Waals surface area contributed by atoms with E-state index < -0.39 is 0 Å². The lowest BCUT2D eigenvalue weighted by atomic mass is 10.1. The lowest BCUT2D eigenvalue weighted by Gasteiger charge is -1.97. The van der Waals surface area contributed by atoms with Gasteiger partial charge in [0, 0.05) is 16.3 Å². The molecular weight excluding hydrogens is 340 g/mol. The summed E-state index contributed by atoms with van der Waals surface area (Å²) < 4.78 is 0. The van der Waals surface area contributed by atoms with E-state index in [0.29, 0.717) is 0 Å². The second kappa shape index (κ2) is 8.71. The first-order valence-electron chi connectivity index (χ1n) is 10.2. The molecule has 0 spiro atoms. The monoisotopic (exact) mass is 366 g/mol. The smallest absolute Gasteiger partial charge is 0.139 e. The van der Waals surface area contributed by atoms with Gasteiger partial charge in [-0.15, -0.1) is 0 Å². The summed E-state index contributed by atoms with van der Waals surface area (Å²) in [6, 6.07) is 21.2. The quantitative estimate of drug-likeness (QED) is 0.266. The second-order valence-electron chi connectivity index (χ2n) is 7.20. The van der Waals surface area contributed by atoms with Gasteiger partial charge in [0.05, 0.1) is 5.69 Å². The van der Waals surface area contributed by atoms with Crippen LogP contribution in [-0.2, 0) is 0 Å². The Morgan fingerprint density at radius 1 is 0.821 bits per heavy atom. The molecule has 0 amide bonds. The molecule has 28 heavy (non-hydrogen) atoms. The molecule has 0 fully saturated rings. The number of benzene rings is 2. The van der Waals surface area contributed by atoms with Crippen LogP contribution in [0.5, 0.6) is 0 Å². The minimum atomic E-state index is 0.954. The minimum absolute atomic E-state index is 0.954. The van der Waals surface area contributed by atoms with Crippen molar-refractivity contribution in [1.82, 2.24) is 9.97 Å². The zero-order valence-electron chi connectivity index (χ0n) is 16.4. The van der Waals surface area contributed by atoms with E-state index in [4.69, 9.17) is 4.98 Å². The molecule has 0 radical (unpaired) electrons. The summed E-state index contributed by atoms with van der Waals surface area (Å²) in [5.74, 6) is 0. The molecule has 0 aliphatic heterocycles. The van der Waals surface area contributed by atoms with Crippen LogP contribution in [0.1, 0.15) is 49.4 Å². The Bertz CT molecular complexity index is 1120. The van der Waals surface area contributed by atoms with Gasteiger partial charge in [-0.05, 0) is 54.3 Å². The van der Waals surface area contributed by atoms with Crippen molar-refractivity contribution in [3.63, 3.8) is 0 Å². The highest BCUT2D eigenvalue weighted by atomic mass is 14.9. The summed E-state index contributed by atoms with van der Waals surface area (Å²) >= 11 is 0. The average Bonchev–Trinajstić information content (AvgIpc) is 3.10. The van der Waals surface area contributed by atoms with Gasteiger partial charge in [0.2, 0.25) is 0 Å². The minimum Gasteiger partial charge on any atom is -0.339 e. The molecule has 2 aromatic heterocycles. The SMILES string of the molecule is CCCCCC=Cc1ccc2c(n1)[nH]c1ccc(C=Cc3ccccc3)cc12. The zero-order chi connectivity index (χ0) is 19.2. The highest BCUT2D eigenvalue weighted by molar-refractivity contribution is 6.06. The van der Waals surface area contributed by atoms with Crippen LogP contribution in [0.15, 0.2) is 66.7 Å². The first-order valence-corrected chi connectivity index (χ1v) is 10.2. The van der Waals surface area contributed by atoms with Gasteiger partial charge in [-0.1, -0.05) is 74.4 Å². The molecule has 0 unspecified atom stereocenters. The molecule has 0 aliphatic rings. The Kier molecular flexibility index (Phi) is 5.67. The Hall–Kier alpha value is -3.13. The fourth-order valence-corrected chi connectivity index (χ4v) is 3.48. The summed E-state index contributed by atoms with van der Waals surface area (Å²) in [7, 11) is 0. The van der Waals surface area contributed by atoms with Gasteiger partial charge >= 0.3 is 0 Å². The third-order valence-corrected chi connectivity index (χ3v) is 5.03. The van der Waals surface area contributed by atoms with Crippen LogP contribution >= 0.6 is 0 Å².